The van der Waals surface area contributed by atoms with E-state index in [1.54, 1.807) is 6.08 Å². The van der Waals surface area contributed by atoms with Crippen LogP contribution < -0.4 is 0 Å². The molecule has 0 unspecified atom stereocenters. The van der Waals surface area contributed by atoms with Gasteiger partial charge >= 0.3 is 0 Å². The second kappa shape index (κ2) is 4.87. The largest absolute Gasteiger partial charge is 0.389 e. The van der Waals surface area contributed by atoms with Gasteiger partial charge in [-0.2, -0.15) is 0 Å². The normalized spacial score (nSPS) is 16.6. The summed E-state index contributed by atoms with van der Waals surface area (Å²) in [5.41, 5.74) is 3.88. The van der Waals surface area contributed by atoms with Gasteiger partial charge in [-0.05, 0) is 13.0 Å². The molecule has 13 heavy (non-hydrogen) atoms. The first kappa shape index (κ1) is 10.1. The highest BCUT2D eigenvalue weighted by Crippen LogP contribution is 2.23. The van der Waals surface area contributed by atoms with E-state index >= 15 is 0 Å². The molecule has 0 aromatic heterocycles. The van der Waals surface area contributed by atoms with Gasteiger partial charge in [0.1, 0.15) is 5.04 Å². The highest BCUT2D eigenvalue weighted by Gasteiger charge is 2.05. The first-order valence-electron chi connectivity index (χ1n) is 3.89. The van der Waals surface area contributed by atoms with Gasteiger partial charge in [0.25, 0.3) is 0 Å². The Kier molecular flexibility index (Phi) is 3.77. The Morgan fingerprint density at radius 1 is 1.69 bits per heavy atom. The third-order valence-corrected chi connectivity index (χ3v) is 2.26. The van der Waals surface area contributed by atoms with E-state index in [2.05, 4.69) is 17.3 Å². The summed E-state index contributed by atoms with van der Waals surface area (Å²) >= 11 is 1.43. The molecule has 1 aliphatic heterocycles. The standard InChI is InChI=1S/C10H11NOS/c1-3-4-5-9-6-8(2)11-10(7-12)13-9/h3-5,12H,1,7H2,2H3/b5-4-. The number of hydrogen-bond acceptors (Lipinski definition) is 3. The van der Waals surface area contributed by atoms with Crippen molar-refractivity contribution in [2.24, 2.45) is 4.99 Å². The number of hydrogen-bond donors (Lipinski definition) is 1. The number of allylic oxidation sites excluding steroid dienone is 3. The second-order valence-electron chi connectivity index (χ2n) is 2.44. The second-order valence-corrected chi connectivity index (χ2v) is 3.55. The molecule has 2 nitrogen and oxygen atoms in total. The molecule has 68 valence electrons. The summed E-state index contributed by atoms with van der Waals surface area (Å²) in [5, 5.41) is 9.61. The molecule has 1 heterocycles. The molecule has 0 radical (unpaired) electrons. The van der Waals surface area contributed by atoms with E-state index in [-0.39, 0.29) is 6.61 Å². The minimum Gasteiger partial charge on any atom is -0.389 e. The molecule has 0 spiro atoms. The molecule has 0 aromatic rings. The van der Waals surface area contributed by atoms with Gasteiger partial charge in [-0.15, -0.1) is 0 Å². The topological polar surface area (TPSA) is 32.6 Å². The number of thioether (sulfide) groups is 1. The van der Waals surface area contributed by atoms with Crippen LogP contribution in [0.5, 0.6) is 0 Å². The summed E-state index contributed by atoms with van der Waals surface area (Å²) in [7, 11) is 0. The lowest BCUT2D eigenvalue weighted by molar-refractivity contribution is 0.360. The Labute approximate surface area is 82.1 Å². The first-order chi connectivity index (χ1) is 6.26. The summed E-state index contributed by atoms with van der Waals surface area (Å²) in [6.45, 7) is 5.42. The van der Waals surface area contributed by atoms with Crippen molar-refractivity contribution in [3.63, 3.8) is 0 Å². The van der Waals surface area contributed by atoms with E-state index < -0.39 is 0 Å². The Morgan fingerprint density at radius 3 is 3.08 bits per heavy atom. The Morgan fingerprint density at radius 2 is 2.46 bits per heavy atom. The number of aliphatic hydroxyl groups is 1. The highest BCUT2D eigenvalue weighted by atomic mass is 32.2. The van der Waals surface area contributed by atoms with Crippen LogP contribution in [0.15, 0.2) is 46.1 Å². The zero-order chi connectivity index (χ0) is 9.68. The maximum Gasteiger partial charge on any atom is 0.105 e. The van der Waals surface area contributed by atoms with E-state index in [0.717, 1.165) is 10.6 Å². The summed E-state index contributed by atoms with van der Waals surface area (Å²) in [5.74, 6) is 0. The Hall–Kier alpha value is -1.02. The fourth-order valence-corrected chi connectivity index (χ4v) is 1.71. The average Bonchev–Trinajstić information content (AvgIpc) is 2.14. The molecular formula is C10H11NOS. The van der Waals surface area contributed by atoms with E-state index in [4.69, 9.17) is 5.11 Å². The molecular weight excluding hydrogens is 182 g/mol. The van der Waals surface area contributed by atoms with Crippen LogP contribution in [0, 0.1) is 0 Å². The highest BCUT2D eigenvalue weighted by molar-refractivity contribution is 8.17. The van der Waals surface area contributed by atoms with Crippen LogP contribution >= 0.6 is 11.8 Å². The van der Waals surface area contributed by atoms with Crippen LogP contribution in [0.3, 0.4) is 0 Å². The maximum absolute atomic E-state index is 8.90. The van der Waals surface area contributed by atoms with Crippen LogP contribution in [-0.4, -0.2) is 16.8 Å². The minimum atomic E-state index is -0.0187. The summed E-state index contributed by atoms with van der Waals surface area (Å²) in [4.78, 5) is 5.07. The minimum absolute atomic E-state index is 0.0187. The monoisotopic (exact) mass is 193 g/mol. The van der Waals surface area contributed by atoms with Gasteiger partial charge in [-0.25, -0.2) is 4.99 Å². The van der Waals surface area contributed by atoms with Gasteiger partial charge in [0.15, 0.2) is 0 Å². The molecule has 1 aliphatic rings. The lowest BCUT2D eigenvalue weighted by Gasteiger charge is -2.06. The van der Waals surface area contributed by atoms with Crippen molar-refractivity contribution in [2.75, 3.05) is 6.61 Å². The summed E-state index contributed by atoms with van der Waals surface area (Å²) < 4.78 is 0. The number of nitrogens with zero attached hydrogens (tertiary/aromatic N) is 1. The number of aliphatic hydroxyl groups excluding tert-OH is 1. The zero-order valence-corrected chi connectivity index (χ0v) is 8.27. The van der Waals surface area contributed by atoms with Gasteiger partial charge in [-0.3, -0.25) is 0 Å². The fraction of sp³-hybridized carbons (Fsp3) is 0.200. The van der Waals surface area contributed by atoms with E-state index in [0.29, 0.717) is 5.04 Å². The van der Waals surface area contributed by atoms with Crippen molar-refractivity contribution in [3.05, 3.63) is 41.1 Å². The number of rotatable bonds is 3. The van der Waals surface area contributed by atoms with Crippen molar-refractivity contribution in [2.45, 2.75) is 6.92 Å². The van der Waals surface area contributed by atoms with Gasteiger partial charge < -0.3 is 5.11 Å². The van der Waals surface area contributed by atoms with Crippen LogP contribution in [0.4, 0.5) is 0 Å². The van der Waals surface area contributed by atoms with E-state index in [9.17, 15) is 0 Å². The van der Waals surface area contributed by atoms with Crippen LogP contribution in [0.2, 0.25) is 0 Å². The molecule has 0 atom stereocenters. The fourth-order valence-electron chi connectivity index (χ4n) is 0.867. The molecule has 0 aliphatic carbocycles. The third-order valence-electron chi connectivity index (χ3n) is 1.34. The molecule has 0 amide bonds. The molecule has 1 rings (SSSR count). The predicted octanol–water partition coefficient (Wildman–Crippen LogP) is 2.25. The molecule has 0 fully saturated rings. The quantitative estimate of drug-likeness (QED) is 0.551. The molecule has 0 saturated carbocycles. The van der Waals surface area contributed by atoms with Crippen molar-refractivity contribution >= 4 is 16.8 Å². The molecule has 1 N–H and O–H groups in total. The predicted molar refractivity (Wildman–Crippen MR) is 57.7 cm³/mol. The summed E-state index contributed by atoms with van der Waals surface area (Å²) in [6.07, 6.45) is 5.43. The van der Waals surface area contributed by atoms with Gasteiger partial charge in [0.05, 0.1) is 17.2 Å². The van der Waals surface area contributed by atoms with Crippen molar-refractivity contribution in [1.29, 1.82) is 0 Å². The number of aliphatic imine (C=N–C) groups is 1. The van der Waals surface area contributed by atoms with Crippen molar-refractivity contribution in [1.82, 2.24) is 0 Å². The van der Waals surface area contributed by atoms with Gasteiger partial charge in [0.2, 0.25) is 0 Å². The molecule has 0 bridgehead atoms. The van der Waals surface area contributed by atoms with E-state index in [1.165, 1.54) is 11.8 Å². The molecule has 0 aromatic carbocycles. The first-order valence-corrected chi connectivity index (χ1v) is 4.71. The van der Waals surface area contributed by atoms with Crippen LogP contribution in [0.1, 0.15) is 6.92 Å². The Bertz CT molecular complexity index is 333. The summed E-state index contributed by atoms with van der Waals surface area (Å²) in [6, 6.07) is 0. The van der Waals surface area contributed by atoms with Gasteiger partial charge in [0, 0.05) is 0 Å². The van der Waals surface area contributed by atoms with Gasteiger partial charge in [-0.1, -0.05) is 36.2 Å². The van der Waals surface area contributed by atoms with E-state index in [1.807, 2.05) is 19.1 Å². The lowest BCUT2D eigenvalue weighted by Crippen LogP contribution is -2.01. The molecule has 3 heteroatoms. The average molecular weight is 193 g/mol. The van der Waals surface area contributed by atoms with Crippen LogP contribution in [-0.2, 0) is 0 Å². The SMILES string of the molecule is C=C/C=C\C1=C=C(C)N=C(CO)S1. The smallest absolute Gasteiger partial charge is 0.105 e. The van der Waals surface area contributed by atoms with Crippen molar-refractivity contribution in [3.8, 4) is 0 Å². The third kappa shape index (κ3) is 3.07. The lowest BCUT2D eigenvalue weighted by atomic mass is 10.4. The maximum atomic E-state index is 8.90. The van der Waals surface area contributed by atoms with Crippen molar-refractivity contribution < 1.29 is 5.11 Å². The zero-order valence-electron chi connectivity index (χ0n) is 7.45. The van der Waals surface area contributed by atoms with Crippen LogP contribution in [0.25, 0.3) is 0 Å². The molecule has 0 saturated heterocycles. The Balaban J connectivity index is 2.86.